The fourth-order valence-electron chi connectivity index (χ4n) is 7.05. The lowest BCUT2D eigenvalue weighted by Crippen LogP contribution is -1.93. The fourth-order valence-corrected chi connectivity index (χ4v) is 7.05. The summed E-state index contributed by atoms with van der Waals surface area (Å²) in [6.45, 7) is 0. The molecule has 1 aliphatic carbocycles. The van der Waals surface area contributed by atoms with Crippen molar-refractivity contribution in [1.29, 1.82) is 0 Å². The molecule has 1 nitrogen and oxygen atoms in total. The molecular weight excluding hydrogens is 506 g/mol. The van der Waals surface area contributed by atoms with Crippen LogP contribution >= 0.6 is 0 Å². The van der Waals surface area contributed by atoms with Gasteiger partial charge < -0.3 is 0 Å². The Labute approximate surface area is 244 Å². The lowest BCUT2D eigenvalue weighted by atomic mass is 9.82. The van der Waals surface area contributed by atoms with E-state index in [2.05, 4.69) is 152 Å². The Morgan fingerprint density at radius 2 is 0.881 bits per heavy atom. The van der Waals surface area contributed by atoms with E-state index >= 15 is 0 Å². The van der Waals surface area contributed by atoms with E-state index in [1.54, 1.807) is 0 Å². The van der Waals surface area contributed by atoms with Crippen molar-refractivity contribution >= 4 is 32.4 Å². The number of benzene rings is 7. The molecule has 0 atom stereocenters. The minimum absolute atomic E-state index is 1.00. The van der Waals surface area contributed by atoms with Crippen LogP contribution < -0.4 is 0 Å². The van der Waals surface area contributed by atoms with Crippen molar-refractivity contribution in [3.8, 4) is 55.8 Å². The van der Waals surface area contributed by atoms with Gasteiger partial charge in [0, 0.05) is 10.9 Å². The third kappa shape index (κ3) is 3.28. The zero-order valence-electron chi connectivity index (χ0n) is 22.9. The topological polar surface area (TPSA) is 12.9 Å². The second kappa shape index (κ2) is 8.99. The number of hydrogen-bond acceptors (Lipinski definition) is 1. The van der Waals surface area contributed by atoms with E-state index in [1.807, 2.05) is 0 Å². The van der Waals surface area contributed by atoms with E-state index in [9.17, 15) is 0 Å². The highest BCUT2D eigenvalue weighted by atomic mass is 14.7. The van der Waals surface area contributed by atoms with Crippen molar-refractivity contribution in [3.63, 3.8) is 0 Å². The predicted molar refractivity (Wildman–Crippen MR) is 177 cm³/mol. The van der Waals surface area contributed by atoms with Gasteiger partial charge in [-0.1, -0.05) is 140 Å². The van der Waals surface area contributed by atoms with Gasteiger partial charge in [0.25, 0.3) is 0 Å². The SMILES string of the molecule is c1ccc(-c2c3c(c(-c4ccccc4)c4ccccc24)-c2ccc(-c4ccc5ccccc5n4)c4cccc-3c24)cc1. The van der Waals surface area contributed by atoms with E-state index in [4.69, 9.17) is 4.98 Å². The first-order valence-corrected chi connectivity index (χ1v) is 14.5. The predicted octanol–water partition coefficient (Wildman–Crippen LogP) is 11.2. The molecule has 0 spiro atoms. The molecule has 7 aromatic carbocycles. The molecule has 1 aliphatic rings. The molecule has 9 rings (SSSR count). The standard InChI is InChI=1S/C41H25N/c1-3-13-27(14-4-1)37-31-17-8-9-18-32(31)38(28-15-5-2-6-16-28)41-34-24-23-29(30-19-11-20-33(39(30)34)40(37)41)36-25-22-26-12-7-10-21-35(26)42-36/h1-25H. The van der Waals surface area contributed by atoms with Gasteiger partial charge in [0.1, 0.15) is 0 Å². The largest absolute Gasteiger partial charge is 0.248 e. The number of fused-ring (bicyclic) bond motifs is 5. The Bertz CT molecular complexity index is 2240. The molecule has 0 saturated heterocycles. The number of aromatic nitrogens is 1. The van der Waals surface area contributed by atoms with E-state index < -0.39 is 0 Å². The van der Waals surface area contributed by atoms with Crippen LogP contribution in [0, 0.1) is 0 Å². The lowest BCUT2D eigenvalue weighted by Gasteiger charge is -2.20. The summed E-state index contributed by atoms with van der Waals surface area (Å²) < 4.78 is 0. The molecule has 194 valence electrons. The maximum Gasteiger partial charge on any atom is 0.0715 e. The molecule has 42 heavy (non-hydrogen) atoms. The highest BCUT2D eigenvalue weighted by Gasteiger charge is 2.31. The minimum Gasteiger partial charge on any atom is -0.248 e. The van der Waals surface area contributed by atoms with Gasteiger partial charge in [-0.05, 0) is 78.2 Å². The van der Waals surface area contributed by atoms with Crippen LogP contribution in [0.3, 0.4) is 0 Å². The summed E-state index contributed by atoms with van der Waals surface area (Å²) in [5, 5.41) is 6.27. The van der Waals surface area contributed by atoms with Crippen molar-refractivity contribution < 1.29 is 0 Å². The van der Waals surface area contributed by atoms with Crippen LogP contribution in [0.5, 0.6) is 0 Å². The molecule has 0 aliphatic heterocycles. The Morgan fingerprint density at radius 1 is 0.333 bits per heavy atom. The Balaban J connectivity index is 1.44. The van der Waals surface area contributed by atoms with E-state index in [-0.39, 0.29) is 0 Å². The molecule has 0 bridgehead atoms. The zero-order valence-corrected chi connectivity index (χ0v) is 22.9. The molecule has 1 heterocycles. The van der Waals surface area contributed by atoms with Gasteiger partial charge in [-0.2, -0.15) is 0 Å². The smallest absolute Gasteiger partial charge is 0.0715 e. The highest BCUT2D eigenvalue weighted by Crippen LogP contribution is 2.58. The van der Waals surface area contributed by atoms with Gasteiger partial charge >= 0.3 is 0 Å². The van der Waals surface area contributed by atoms with Gasteiger partial charge in [-0.3, -0.25) is 0 Å². The number of pyridine rings is 1. The normalized spacial score (nSPS) is 11.8. The lowest BCUT2D eigenvalue weighted by molar-refractivity contribution is 1.41. The van der Waals surface area contributed by atoms with E-state index in [0.717, 1.165) is 16.6 Å². The summed E-state index contributed by atoms with van der Waals surface area (Å²) in [7, 11) is 0. The molecule has 1 heteroatoms. The van der Waals surface area contributed by atoms with Gasteiger partial charge in [0.2, 0.25) is 0 Å². The summed E-state index contributed by atoms with van der Waals surface area (Å²) in [5.41, 5.74) is 13.5. The van der Waals surface area contributed by atoms with Crippen LogP contribution in [-0.4, -0.2) is 4.98 Å². The third-order valence-corrected chi connectivity index (χ3v) is 8.79. The maximum absolute atomic E-state index is 5.10. The second-order valence-electron chi connectivity index (χ2n) is 11.1. The summed E-state index contributed by atoms with van der Waals surface area (Å²) in [6, 6.07) is 54.8. The first-order chi connectivity index (χ1) is 20.9. The Kier molecular flexibility index (Phi) is 4.97. The summed E-state index contributed by atoms with van der Waals surface area (Å²) >= 11 is 0. The molecule has 0 N–H and O–H groups in total. The molecule has 0 saturated carbocycles. The average molecular weight is 532 g/mol. The van der Waals surface area contributed by atoms with Crippen molar-refractivity contribution in [2.75, 3.05) is 0 Å². The molecular formula is C41H25N. The number of rotatable bonds is 3. The van der Waals surface area contributed by atoms with Gasteiger partial charge in [0.05, 0.1) is 11.2 Å². The molecule has 1 aromatic heterocycles. The summed E-state index contributed by atoms with van der Waals surface area (Å²) in [6.07, 6.45) is 0. The van der Waals surface area contributed by atoms with Crippen molar-refractivity contribution in [1.82, 2.24) is 4.98 Å². The van der Waals surface area contributed by atoms with Crippen LogP contribution in [0.25, 0.3) is 88.2 Å². The van der Waals surface area contributed by atoms with Crippen molar-refractivity contribution in [3.05, 3.63) is 152 Å². The first kappa shape index (κ1) is 23.2. The molecule has 0 unspecified atom stereocenters. The van der Waals surface area contributed by atoms with Gasteiger partial charge in [-0.25, -0.2) is 4.98 Å². The zero-order chi connectivity index (χ0) is 27.6. The van der Waals surface area contributed by atoms with Crippen LogP contribution in [0.1, 0.15) is 0 Å². The van der Waals surface area contributed by atoms with Crippen molar-refractivity contribution in [2.45, 2.75) is 0 Å². The molecule has 0 fully saturated rings. The first-order valence-electron chi connectivity index (χ1n) is 14.5. The molecule has 8 aromatic rings. The Morgan fingerprint density at radius 3 is 1.57 bits per heavy atom. The Hall–Kier alpha value is -5.53. The van der Waals surface area contributed by atoms with E-state index in [0.29, 0.717) is 0 Å². The second-order valence-corrected chi connectivity index (χ2v) is 11.1. The van der Waals surface area contributed by atoms with Crippen LogP contribution in [-0.2, 0) is 0 Å². The summed E-state index contributed by atoms with van der Waals surface area (Å²) in [4.78, 5) is 5.10. The maximum atomic E-state index is 5.10. The third-order valence-electron chi connectivity index (χ3n) is 8.79. The van der Waals surface area contributed by atoms with Gasteiger partial charge in [0.15, 0.2) is 0 Å². The van der Waals surface area contributed by atoms with Crippen molar-refractivity contribution in [2.24, 2.45) is 0 Å². The van der Waals surface area contributed by atoms with Crippen LogP contribution in [0.2, 0.25) is 0 Å². The number of hydrogen-bond donors (Lipinski definition) is 0. The monoisotopic (exact) mass is 531 g/mol. The molecule has 0 amide bonds. The van der Waals surface area contributed by atoms with Crippen LogP contribution in [0.4, 0.5) is 0 Å². The number of nitrogens with zero attached hydrogens (tertiary/aromatic N) is 1. The van der Waals surface area contributed by atoms with Gasteiger partial charge in [-0.15, -0.1) is 0 Å². The quantitative estimate of drug-likeness (QED) is 0.221. The van der Waals surface area contributed by atoms with E-state index in [1.165, 1.54) is 71.6 Å². The fraction of sp³-hybridized carbons (Fsp3) is 0. The summed E-state index contributed by atoms with van der Waals surface area (Å²) in [5.74, 6) is 0. The average Bonchev–Trinajstić information content (AvgIpc) is 3.39. The molecule has 0 radical (unpaired) electrons. The van der Waals surface area contributed by atoms with Crippen LogP contribution in [0.15, 0.2) is 152 Å². The minimum atomic E-state index is 1.00. The highest BCUT2D eigenvalue weighted by molar-refractivity contribution is 6.28. The number of para-hydroxylation sites is 1.